The number of halogens is 1. The second kappa shape index (κ2) is 10.0. The van der Waals surface area contributed by atoms with E-state index in [1.54, 1.807) is 13.2 Å². The van der Waals surface area contributed by atoms with Crippen molar-refractivity contribution < 1.29 is 9.13 Å². The fourth-order valence-electron chi connectivity index (χ4n) is 4.45. The van der Waals surface area contributed by atoms with Gasteiger partial charge in [-0.3, -0.25) is 0 Å². The third-order valence-electron chi connectivity index (χ3n) is 6.10. The summed E-state index contributed by atoms with van der Waals surface area (Å²) in [6.07, 6.45) is 10.8. The Bertz CT molecular complexity index is 699. The predicted molar refractivity (Wildman–Crippen MR) is 111 cm³/mol. The summed E-state index contributed by atoms with van der Waals surface area (Å²) in [6, 6.07) is 14.0. The number of methoxy groups -OCH3 is 1. The molecule has 0 saturated heterocycles. The Hall–Kier alpha value is -1.67. The van der Waals surface area contributed by atoms with Crippen LogP contribution in [0.1, 0.15) is 75.3 Å². The van der Waals surface area contributed by atoms with Crippen LogP contribution in [0.2, 0.25) is 0 Å². The summed E-state index contributed by atoms with van der Waals surface area (Å²) < 4.78 is 19.5. The number of ether oxygens (including phenoxy) is 1. The second-order valence-electron chi connectivity index (χ2n) is 8.08. The Kier molecular flexibility index (Phi) is 7.46. The van der Waals surface area contributed by atoms with Crippen molar-refractivity contribution >= 4 is 0 Å². The first-order valence-electron chi connectivity index (χ1n) is 10.6. The first-order valence-corrected chi connectivity index (χ1v) is 10.6. The van der Waals surface area contributed by atoms with Gasteiger partial charge in [-0.1, -0.05) is 69.0 Å². The SMILES string of the molecule is CCCCCC1CCC(c2ccc(-c3ccc(COC)cc3F)cc2)CC1. The molecule has 0 amide bonds. The van der Waals surface area contributed by atoms with E-state index < -0.39 is 0 Å². The van der Waals surface area contributed by atoms with Crippen LogP contribution >= 0.6 is 0 Å². The molecule has 0 atom stereocenters. The van der Waals surface area contributed by atoms with Gasteiger partial charge < -0.3 is 4.74 Å². The number of unbranched alkanes of at least 4 members (excludes halogenated alkanes) is 2. The molecule has 0 heterocycles. The van der Waals surface area contributed by atoms with E-state index >= 15 is 0 Å². The van der Waals surface area contributed by atoms with Gasteiger partial charge in [-0.2, -0.15) is 0 Å². The number of benzene rings is 2. The largest absolute Gasteiger partial charge is 0.380 e. The number of hydrogen-bond acceptors (Lipinski definition) is 1. The second-order valence-corrected chi connectivity index (χ2v) is 8.08. The van der Waals surface area contributed by atoms with Crippen LogP contribution in [0.3, 0.4) is 0 Å². The van der Waals surface area contributed by atoms with E-state index in [1.165, 1.54) is 56.9 Å². The van der Waals surface area contributed by atoms with Crippen molar-refractivity contribution in [1.29, 1.82) is 0 Å². The van der Waals surface area contributed by atoms with Crippen LogP contribution < -0.4 is 0 Å². The zero-order chi connectivity index (χ0) is 19.1. The lowest BCUT2D eigenvalue weighted by Crippen LogP contribution is -2.13. The van der Waals surface area contributed by atoms with Gasteiger partial charge in [0, 0.05) is 12.7 Å². The fraction of sp³-hybridized carbons (Fsp3) is 0.520. The molecule has 0 unspecified atom stereocenters. The van der Waals surface area contributed by atoms with Crippen LogP contribution in [0.5, 0.6) is 0 Å². The lowest BCUT2D eigenvalue weighted by molar-refractivity contribution is 0.184. The fourth-order valence-corrected chi connectivity index (χ4v) is 4.45. The maximum atomic E-state index is 14.4. The van der Waals surface area contributed by atoms with Gasteiger partial charge in [0.05, 0.1) is 6.61 Å². The highest BCUT2D eigenvalue weighted by molar-refractivity contribution is 5.64. The third kappa shape index (κ3) is 5.42. The third-order valence-corrected chi connectivity index (χ3v) is 6.10. The molecule has 1 fully saturated rings. The highest BCUT2D eigenvalue weighted by Gasteiger charge is 2.22. The van der Waals surface area contributed by atoms with Crippen LogP contribution in [-0.2, 0) is 11.3 Å². The zero-order valence-electron chi connectivity index (χ0n) is 16.8. The normalized spacial score (nSPS) is 20.0. The van der Waals surface area contributed by atoms with Crippen molar-refractivity contribution in [3.63, 3.8) is 0 Å². The molecular weight excluding hydrogens is 335 g/mol. The van der Waals surface area contributed by atoms with Gasteiger partial charge in [0.1, 0.15) is 5.82 Å². The lowest BCUT2D eigenvalue weighted by atomic mass is 9.77. The topological polar surface area (TPSA) is 9.23 Å². The molecular formula is C25H33FO. The average molecular weight is 369 g/mol. The van der Waals surface area contributed by atoms with Gasteiger partial charge in [-0.25, -0.2) is 4.39 Å². The molecule has 146 valence electrons. The van der Waals surface area contributed by atoms with E-state index in [4.69, 9.17) is 4.74 Å². The maximum Gasteiger partial charge on any atom is 0.131 e. The van der Waals surface area contributed by atoms with Gasteiger partial charge in [0.2, 0.25) is 0 Å². The monoisotopic (exact) mass is 368 g/mol. The Morgan fingerprint density at radius 3 is 2.33 bits per heavy atom. The summed E-state index contributed by atoms with van der Waals surface area (Å²) in [5.41, 5.74) is 3.91. The Morgan fingerprint density at radius 1 is 0.963 bits per heavy atom. The van der Waals surface area contributed by atoms with Crippen LogP contribution in [0.4, 0.5) is 4.39 Å². The molecule has 0 N–H and O–H groups in total. The van der Waals surface area contributed by atoms with Gasteiger partial charge in [-0.05, 0) is 60.3 Å². The summed E-state index contributed by atoms with van der Waals surface area (Å²) in [7, 11) is 1.63. The van der Waals surface area contributed by atoms with Crippen LogP contribution in [0.15, 0.2) is 42.5 Å². The van der Waals surface area contributed by atoms with Crippen molar-refractivity contribution in [1.82, 2.24) is 0 Å². The maximum absolute atomic E-state index is 14.4. The van der Waals surface area contributed by atoms with E-state index in [2.05, 4.69) is 31.2 Å². The molecule has 1 aliphatic rings. The predicted octanol–water partition coefficient (Wildman–Crippen LogP) is 7.49. The molecule has 2 aromatic rings. The zero-order valence-corrected chi connectivity index (χ0v) is 16.8. The van der Waals surface area contributed by atoms with Gasteiger partial charge in [0.25, 0.3) is 0 Å². The van der Waals surface area contributed by atoms with Crippen LogP contribution in [0, 0.1) is 11.7 Å². The van der Waals surface area contributed by atoms with Crippen molar-refractivity contribution in [3.8, 4) is 11.1 Å². The van der Waals surface area contributed by atoms with E-state index in [0.717, 1.165) is 17.0 Å². The summed E-state index contributed by atoms with van der Waals surface area (Å²) in [5, 5.41) is 0. The van der Waals surface area contributed by atoms with Crippen molar-refractivity contribution in [2.75, 3.05) is 7.11 Å². The van der Waals surface area contributed by atoms with E-state index in [0.29, 0.717) is 18.1 Å². The Balaban J connectivity index is 1.60. The highest BCUT2D eigenvalue weighted by atomic mass is 19.1. The number of hydrogen-bond donors (Lipinski definition) is 0. The first kappa shape index (κ1) is 20.1. The van der Waals surface area contributed by atoms with E-state index in [1.807, 2.05) is 12.1 Å². The van der Waals surface area contributed by atoms with Crippen LogP contribution in [-0.4, -0.2) is 7.11 Å². The summed E-state index contributed by atoms with van der Waals surface area (Å²) in [5.74, 6) is 1.44. The summed E-state index contributed by atoms with van der Waals surface area (Å²) in [6.45, 7) is 2.72. The quantitative estimate of drug-likeness (QED) is 0.438. The minimum atomic E-state index is -0.176. The van der Waals surface area contributed by atoms with Crippen molar-refractivity contribution in [3.05, 3.63) is 59.4 Å². The molecule has 1 saturated carbocycles. The van der Waals surface area contributed by atoms with Crippen molar-refractivity contribution in [2.24, 2.45) is 5.92 Å². The summed E-state index contributed by atoms with van der Waals surface area (Å²) >= 11 is 0. The van der Waals surface area contributed by atoms with Gasteiger partial charge in [-0.15, -0.1) is 0 Å². The number of rotatable bonds is 8. The molecule has 2 heteroatoms. The minimum absolute atomic E-state index is 0.176. The molecule has 0 spiro atoms. The van der Waals surface area contributed by atoms with Crippen LogP contribution in [0.25, 0.3) is 11.1 Å². The highest BCUT2D eigenvalue weighted by Crippen LogP contribution is 2.38. The Labute approximate surface area is 164 Å². The Morgan fingerprint density at radius 2 is 1.70 bits per heavy atom. The molecule has 1 nitrogen and oxygen atoms in total. The lowest BCUT2D eigenvalue weighted by Gasteiger charge is -2.29. The molecule has 0 aliphatic heterocycles. The molecule has 2 aromatic carbocycles. The molecule has 3 rings (SSSR count). The molecule has 1 aliphatic carbocycles. The molecule has 0 aromatic heterocycles. The van der Waals surface area contributed by atoms with Gasteiger partial charge in [0.15, 0.2) is 0 Å². The molecule has 0 bridgehead atoms. The minimum Gasteiger partial charge on any atom is -0.380 e. The summed E-state index contributed by atoms with van der Waals surface area (Å²) in [4.78, 5) is 0. The molecule has 27 heavy (non-hydrogen) atoms. The molecule has 0 radical (unpaired) electrons. The standard InChI is InChI=1S/C25H33FO/c1-3-4-5-6-19-7-10-21(11-8-19)22-12-14-23(15-13-22)24-16-9-20(18-27-2)17-25(24)26/h9,12-17,19,21H,3-8,10-11,18H2,1-2H3. The first-order chi connectivity index (χ1) is 13.2. The smallest absolute Gasteiger partial charge is 0.131 e. The van der Waals surface area contributed by atoms with E-state index in [9.17, 15) is 4.39 Å². The average Bonchev–Trinajstić information content (AvgIpc) is 2.69. The van der Waals surface area contributed by atoms with E-state index in [-0.39, 0.29) is 5.82 Å². The van der Waals surface area contributed by atoms with Crippen molar-refractivity contribution in [2.45, 2.75) is 70.8 Å². The van der Waals surface area contributed by atoms with Gasteiger partial charge >= 0.3 is 0 Å².